The fourth-order valence-corrected chi connectivity index (χ4v) is 1.45. The van der Waals surface area contributed by atoms with Gasteiger partial charge in [0, 0.05) is 18.0 Å². The van der Waals surface area contributed by atoms with Crippen molar-refractivity contribution in [3.05, 3.63) is 53.6 Å². The molecule has 0 spiro atoms. The van der Waals surface area contributed by atoms with Gasteiger partial charge in [-0.25, -0.2) is 18.7 Å². The van der Waals surface area contributed by atoms with Crippen LogP contribution in [0.25, 0.3) is 0 Å². The van der Waals surface area contributed by atoms with Crippen molar-refractivity contribution in [2.24, 2.45) is 0 Å². The van der Waals surface area contributed by atoms with Crippen LogP contribution < -0.4 is 11.1 Å². The van der Waals surface area contributed by atoms with Crippen LogP contribution in [0.1, 0.15) is 16.1 Å². The van der Waals surface area contributed by atoms with E-state index >= 15 is 0 Å². The highest BCUT2D eigenvalue weighted by molar-refractivity contribution is 5.99. The summed E-state index contributed by atoms with van der Waals surface area (Å²) in [5.41, 5.74) is 5.81. The number of nitrogen functional groups attached to an aromatic ring is 1. The fourth-order valence-electron chi connectivity index (χ4n) is 1.45. The van der Waals surface area contributed by atoms with Crippen molar-refractivity contribution in [1.29, 1.82) is 0 Å². The van der Waals surface area contributed by atoms with Gasteiger partial charge in [-0.3, -0.25) is 4.79 Å². The van der Waals surface area contributed by atoms with Crippen LogP contribution in [0.15, 0.2) is 30.7 Å². The maximum absolute atomic E-state index is 13.1. The number of nitrogens with zero attached hydrogens (tertiary/aromatic N) is 2. The lowest BCUT2D eigenvalue weighted by Crippen LogP contribution is -2.24. The standard InChI is InChI=1S/C12H10F2N4O/c13-9-3-8(11(15)4-10(9)14)12(19)17-5-7-1-2-16-6-18-7/h1-4,6H,5,15H2,(H,17,19). The van der Waals surface area contributed by atoms with Gasteiger partial charge in [-0.1, -0.05) is 0 Å². The summed E-state index contributed by atoms with van der Waals surface area (Å²) < 4.78 is 25.9. The SMILES string of the molecule is Nc1cc(F)c(F)cc1C(=O)NCc1ccncn1. The van der Waals surface area contributed by atoms with Gasteiger partial charge in [0.05, 0.1) is 17.8 Å². The maximum atomic E-state index is 13.1. The summed E-state index contributed by atoms with van der Waals surface area (Å²) in [4.78, 5) is 19.4. The molecule has 2 rings (SSSR count). The van der Waals surface area contributed by atoms with Gasteiger partial charge in [-0.05, 0) is 12.1 Å². The average Bonchev–Trinajstić information content (AvgIpc) is 2.41. The fraction of sp³-hybridized carbons (Fsp3) is 0.0833. The number of carbonyl (C=O) groups excluding carboxylic acids is 1. The average molecular weight is 264 g/mol. The van der Waals surface area contributed by atoms with Crippen LogP contribution in [0.5, 0.6) is 0 Å². The van der Waals surface area contributed by atoms with E-state index in [0.29, 0.717) is 5.69 Å². The molecule has 1 aromatic heterocycles. The van der Waals surface area contributed by atoms with Gasteiger partial charge in [-0.2, -0.15) is 0 Å². The molecule has 19 heavy (non-hydrogen) atoms. The van der Waals surface area contributed by atoms with Crippen molar-refractivity contribution >= 4 is 11.6 Å². The summed E-state index contributed by atoms with van der Waals surface area (Å²) in [7, 11) is 0. The van der Waals surface area contributed by atoms with Crippen LogP contribution >= 0.6 is 0 Å². The number of hydrogen-bond acceptors (Lipinski definition) is 4. The minimum Gasteiger partial charge on any atom is -0.398 e. The Morgan fingerprint density at radius 3 is 2.74 bits per heavy atom. The highest BCUT2D eigenvalue weighted by Gasteiger charge is 2.14. The minimum atomic E-state index is -1.12. The molecule has 0 saturated heterocycles. The van der Waals surface area contributed by atoms with Crippen LogP contribution in [0, 0.1) is 11.6 Å². The molecule has 7 heteroatoms. The Bertz CT molecular complexity index is 604. The summed E-state index contributed by atoms with van der Waals surface area (Å²) in [6, 6.07) is 3.16. The lowest BCUT2D eigenvalue weighted by molar-refractivity contribution is 0.0950. The Labute approximate surface area is 107 Å². The van der Waals surface area contributed by atoms with E-state index in [1.807, 2.05) is 0 Å². The van der Waals surface area contributed by atoms with Crippen molar-refractivity contribution in [3.8, 4) is 0 Å². The molecule has 0 aliphatic carbocycles. The number of benzene rings is 1. The summed E-state index contributed by atoms with van der Waals surface area (Å²) in [6.07, 6.45) is 2.87. The van der Waals surface area contributed by atoms with E-state index in [1.54, 1.807) is 6.07 Å². The minimum absolute atomic E-state index is 0.118. The van der Waals surface area contributed by atoms with Gasteiger partial charge in [0.25, 0.3) is 5.91 Å². The van der Waals surface area contributed by atoms with Crippen molar-refractivity contribution in [1.82, 2.24) is 15.3 Å². The van der Waals surface area contributed by atoms with Crippen LogP contribution in [0.2, 0.25) is 0 Å². The third kappa shape index (κ3) is 3.01. The lowest BCUT2D eigenvalue weighted by Gasteiger charge is -2.07. The summed E-state index contributed by atoms with van der Waals surface area (Å²) >= 11 is 0. The zero-order valence-corrected chi connectivity index (χ0v) is 9.73. The van der Waals surface area contributed by atoms with E-state index in [1.165, 1.54) is 12.5 Å². The summed E-state index contributed by atoms with van der Waals surface area (Å²) in [5.74, 6) is -2.82. The van der Waals surface area contributed by atoms with E-state index in [0.717, 1.165) is 12.1 Å². The predicted octanol–water partition coefficient (Wildman–Crippen LogP) is 1.27. The molecule has 2 aromatic rings. The number of amides is 1. The van der Waals surface area contributed by atoms with E-state index in [2.05, 4.69) is 15.3 Å². The molecule has 1 amide bonds. The van der Waals surface area contributed by atoms with Gasteiger partial charge >= 0.3 is 0 Å². The van der Waals surface area contributed by atoms with E-state index in [9.17, 15) is 13.6 Å². The largest absolute Gasteiger partial charge is 0.398 e. The van der Waals surface area contributed by atoms with Crippen molar-refractivity contribution in [2.75, 3.05) is 5.73 Å². The number of nitrogens with one attached hydrogen (secondary N) is 1. The normalized spacial score (nSPS) is 10.2. The second kappa shape index (κ2) is 5.38. The van der Waals surface area contributed by atoms with Crippen LogP contribution in [0.4, 0.5) is 14.5 Å². The zero-order valence-electron chi connectivity index (χ0n) is 9.73. The number of hydrogen-bond donors (Lipinski definition) is 2. The zero-order chi connectivity index (χ0) is 13.8. The van der Waals surface area contributed by atoms with Crippen molar-refractivity contribution in [2.45, 2.75) is 6.54 Å². The van der Waals surface area contributed by atoms with Crippen LogP contribution in [-0.4, -0.2) is 15.9 Å². The molecule has 0 aliphatic heterocycles. The third-order valence-corrected chi connectivity index (χ3v) is 2.41. The molecule has 98 valence electrons. The first kappa shape index (κ1) is 12.9. The molecule has 0 aliphatic rings. The molecule has 0 bridgehead atoms. The molecular weight excluding hydrogens is 254 g/mol. The van der Waals surface area contributed by atoms with Gasteiger partial charge in [0.1, 0.15) is 6.33 Å². The highest BCUT2D eigenvalue weighted by atomic mass is 19.2. The third-order valence-electron chi connectivity index (χ3n) is 2.41. The Morgan fingerprint density at radius 2 is 2.05 bits per heavy atom. The van der Waals surface area contributed by atoms with Gasteiger partial charge in [0.2, 0.25) is 0 Å². The van der Waals surface area contributed by atoms with Gasteiger partial charge in [-0.15, -0.1) is 0 Å². The molecule has 0 unspecified atom stereocenters. The second-order valence-corrected chi connectivity index (χ2v) is 3.74. The van der Waals surface area contributed by atoms with E-state index in [-0.39, 0.29) is 17.8 Å². The molecule has 1 heterocycles. The Kier molecular flexibility index (Phi) is 3.65. The molecule has 0 fully saturated rings. The van der Waals surface area contributed by atoms with Gasteiger partial charge in [0.15, 0.2) is 11.6 Å². The van der Waals surface area contributed by atoms with E-state index in [4.69, 9.17) is 5.73 Å². The quantitative estimate of drug-likeness (QED) is 0.818. The number of rotatable bonds is 3. The Hall–Kier alpha value is -2.57. The van der Waals surface area contributed by atoms with Crippen LogP contribution in [-0.2, 0) is 6.54 Å². The number of nitrogens with two attached hydrogens (primary N) is 1. The summed E-state index contributed by atoms with van der Waals surface area (Å²) in [6.45, 7) is 0.139. The molecule has 0 radical (unpaired) electrons. The van der Waals surface area contributed by atoms with Gasteiger partial charge < -0.3 is 11.1 Å². The Morgan fingerprint density at radius 1 is 1.32 bits per heavy atom. The number of carbonyl (C=O) groups is 1. The monoisotopic (exact) mass is 264 g/mol. The topological polar surface area (TPSA) is 80.9 Å². The molecular formula is C12H10F2N4O. The van der Waals surface area contributed by atoms with Crippen molar-refractivity contribution in [3.63, 3.8) is 0 Å². The number of aromatic nitrogens is 2. The first-order valence-corrected chi connectivity index (χ1v) is 5.35. The highest BCUT2D eigenvalue weighted by Crippen LogP contribution is 2.16. The molecule has 0 saturated carbocycles. The second-order valence-electron chi connectivity index (χ2n) is 3.74. The lowest BCUT2D eigenvalue weighted by atomic mass is 10.1. The first-order valence-electron chi connectivity index (χ1n) is 5.35. The van der Waals surface area contributed by atoms with E-state index < -0.39 is 17.5 Å². The smallest absolute Gasteiger partial charge is 0.253 e. The number of anilines is 1. The summed E-state index contributed by atoms with van der Waals surface area (Å²) in [5, 5.41) is 2.50. The van der Waals surface area contributed by atoms with Crippen LogP contribution in [0.3, 0.4) is 0 Å². The maximum Gasteiger partial charge on any atom is 0.253 e. The molecule has 0 atom stereocenters. The first-order chi connectivity index (χ1) is 9.08. The predicted molar refractivity (Wildman–Crippen MR) is 64.0 cm³/mol. The molecule has 5 nitrogen and oxygen atoms in total. The number of halogens is 2. The van der Waals surface area contributed by atoms with Crippen molar-refractivity contribution < 1.29 is 13.6 Å². The Balaban J connectivity index is 2.10. The molecule has 1 aromatic carbocycles. The molecule has 3 N–H and O–H groups in total.